The van der Waals surface area contributed by atoms with Crippen molar-refractivity contribution in [2.75, 3.05) is 13.2 Å². The standard InChI is InChI=1S/C10H12ClNO2S/c11-9-4-3-8(15-9)10(14)12-5-1-2-7(12)6-13/h3-4,7,13H,1-2,5-6H2/t7-/m0/s1. The van der Waals surface area contributed by atoms with Gasteiger partial charge in [-0.2, -0.15) is 0 Å². The Morgan fingerprint density at radius 3 is 3.07 bits per heavy atom. The molecule has 1 atom stereocenters. The molecule has 1 fully saturated rings. The van der Waals surface area contributed by atoms with E-state index in [-0.39, 0.29) is 18.6 Å². The van der Waals surface area contributed by atoms with E-state index in [0.29, 0.717) is 9.21 Å². The molecular formula is C10H12ClNO2S. The second kappa shape index (κ2) is 4.51. The average Bonchev–Trinajstić information content (AvgIpc) is 2.84. The molecule has 0 saturated carbocycles. The highest BCUT2D eigenvalue weighted by molar-refractivity contribution is 7.17. The first-order valence-corrected chi connectivity index (χ1v) is 6.09. The molecule has 0 aromatic carbocycles. The molecule has 3 nitrogen and oxygen atoms in total. The minimum absolute atomic E-state index is 0.0107. The SMILES string of the molecule is O=C(c1ccc(Cl)s1)N1CCC[C@H]1CO. The van der Waals surface area contributed by atoms with E-state index in [1.807, 2.05) is 0 Å². The van der Waals surface area contributed by atoms with Gasteiger partial charge in [0.25, 0.3) is 5.91 Å². The van der Waals surface area contributed by atoms with Crippen molar-refractivity contribution < 1.29 is 9.90 Å². The Morgan fingerprint density at radius 1 is 1.67 bits per heavy atom. The fourth-order valence-electron chi connectivity index (χ4n) is 1.86. The molecule has 0 bridgehead atoms. The highest BCUT2D eigenvalue weighted by Crippen LogP contribution is 2.26. The van der Waals surface area contributed by atoms with E-state index in [2.05, 4.69) is 0 Å². The molecule has 2 heterocycles. The Balaban J connectivity index is 2.13. The summed E-state index contributed by atoms with van der Waals surface area (Å²) in [6, 6.07) is 3.45. The van der Waals surface area contributed by atoms with Gasteiger partial charge in [0.15, 0.2) is 0 Å². The van der Waals surface area contributed by atoms with Gasteiger partial charge in [-0.25, -0.2) is 0 Å². The van der Waals surface area contributed by atoms with Crippen molar-refractivity contribution >= 4 is 28.8 Å². The number of carbonyl (C=O) groups is 1. The molecule has 1 aliphatic rings. The maximum absolute atomic E-state index is 12.0. The molecule has 0 aliphatic carbocycles. The average molecular weight is 246 g/mol. The van der Waals surface area contributed by atoms with Crippen LogP contribution in [0.3, 0.4) is 0 Å². The molecule has 1 aromatic rings. The fourth-order valence-corrected chi connectivity index (χ4v) is 2.86. The lowest BCUT2D eigenvalue weighted by Crippen LogP contribution is -2.37. The van der Waals surface area contributed by atoms with Crippen molar-refractivity contribution in [1.82, 2.24) is 4.90 Å². The van der Waals surface area contributed by atoms with E-state index in [9.17, 15) is 4.79 Å². The largest absolute Gasteiger partial charge is 0.394 e. The van der Waals surface area contributed by atoms with Crippen LogP contribution < -0.4 is 0 Å². The summed E-state index contributed by atoms with van der Waals surface area (Å²) in [7, 11) is 0. The van der Waals surface area contributed by atoms with Gasteiger partial charge in [-0.1, -0.05) is 11.6 Å². The van der Waals surface area contributed by atoms with Gasteiger partial charge in [-0.05, 0) is 25.0 Å². The molecular weight excluding hydrogens is 234 g/mol. The first kappa shape index (κ1) is 10.9. The first-order valence-electron chi connectivity index (χ1n) is 4.89. The van der Waals surface area contributed by atoms with Crippen molar-refractivity contribution in [2.45, 2.75) is 18.9 Å². The lowest BCUT2D eigenvalue weighted by atomic mass is 10.2. The third kappa shape index (κ3) is 2.17. The summed E-state index contributed by atoms with van der Waals surface area (Å²) in [4.78, 5) is 14.4. The van der Waals surface area contributed by atoms with Crippen molar-refractivity contribution in [3.63, 3.8) is 0 Å². The molecule has 1 saturated heterocycles. The number of hydrogen-bond donors (Lipinski definition) is 1. The van der Waals surface area contributed by atoms with Crippen molar-refractivity contribution in [3.05, 3.63) is 21.3 Å². The Labute approximate surface area is 97.3 Å². The number of rotatable bonds is 2. The summed E-state index contributed by atoms with van der Waals surface area (Å²) in [5.41, 5.74) is 0. The highest BCUT2D eigenvalue weighted by atomic mass is 35.5. The topological polar surface area (TPSA) is 40.5 Å². The normalized spacial score (nSPS) is 20.9. The molecule has 1 amide bonds. The van der Waals surface area contributed by atoms with Gasteiger partial charge in [-0.3, -0.25) is 4.79 Å². The molecule has 0 radical (unpaired) electrons. The third-order valence-electron chi connectivity index (χ3n) is 2.63. The number of likely N-dealkylation sites (tertiary alicyclic amines) is 1. The molecule has 5 heteroatoms. The second-order valence-electron chi connectivity index (χ2n) is 3.58. The van der Waals surface area contributed by atoms with Crippen LogP contribution in [0.5, 0.6) is 0 Å². The van der Waals surface area contributed by atoms with E-state index in [1.165, 1.54) is 11.3 Å². The molecule has 0 unspecified atom stereocenters. The van der Waals surface area contributed by atoms with Gasteiger partial charge in [0.1, 0.15) is 0 Å². The predicted molar refractivity (Wildman–Crippen MR) is 60.5 cm³/mol. The Morgan fingerprint density at radius 2 is 2.47 bits per heavy atom. The monoisotopic (exact) mass is 245 g/mol. The fraction of sp³-hybridized carbons (Fsp3) is 0.500. The van der Waals surface area contributed by atoms with E-state index in [1.54, 1.807) is 17.0 Å². The number of hydrogen-bond acceptors (Lipinski definition) is 3. The number of aliphatic hydroxyl groups excluding tert-OH is 1. The van der Waals surface area contributed by atoms with E-state index in [0.717, 1.165) is 19.4 Å². The zero-order valence-electron chi connectivity index (χ0n) is 8.15. The van der Waals surface area contributed by atoms with E-state index >= 15 is 0 Å². The minimum atomic E-state index is -0.0154. The van der Waals surface area contributed by atoms with Gasteiger partial charge in [0, 0.05) is 6.54 Å². The second-order valence-corrected chi connectivity index (χ2v) is 5.30. The lowest BCUT2D eigenvalue weighted by Gasteiger charge is -2.22. The Hall–Kier alpha value is -0.580. The Bertz CT molecular complexity index is 366. The van der Waals surface area contributed by atoms with Gasteiger partial charge in [-0.15, -0.1) is 11.3 Å². The lowest BCUT2D eigenvalue weighted by molar-refractivity contribution is 0.0682. The minimum Gasteiger partial charge on any atom is -0.394 e. The number of amides is 1. The summed E-state index contributed by atoms with van der Waals surface area (Å²) in [6.07, 6.45) is 1.86. The van der Waals surface area contributed by atoms with Gasteiger partial charge in [0.2, 0.25) is 0 Å². The summed E-state index contributed by atoms with van der Waals surface area (Å²) in [5.74, 6) is -0.0107. The van der Waals surface area contributed by atoms with Gasteiger partial charge in [0.05, 0.1) is 21.9 Å². The maximum Gasteiger partial charge on any atom is 0.264 e. The number of halogens is 1. The molecule has 1 N–H and O–H groups in total. The number of carbonyl (C=O) groups excluding carboxylic acids is 1. The van der Waals surface area contributed by atoms with Crippen molar-refractivity contribution in [2.24, 2.45) is 0 Å². The highest BCUT2D eigenvalue weighted by Gasteiger charge is 2.29. The first-order chi connectivity index (χ1) is 7.22. The van der Waals surface area contributed by atoms with Crippen molar-refractivity contribution in [3.8, 4) is 0 Å². The van der Waals surface area contributed by atoms with Crippen LogP contribution in [0.25, 0.3) is 0 Å². The summed E-state index contributed by atoms with van der Waals surface area (Å²) < 4.78 is 0.623. The summed E-state index contributed by atoms with van der Waals surface area (Å²) in [6.45, 7) is 0.782. The van der Waals surface area contributed by atoms with Crippen LogP contribution in [0.2, 0.25) is 4.34 Å². The maximum atomic E-state index is 12.0. The van der Waals surface area contributed by atoms with E-state index < -0.39 is 0 Å². The zero-order chi connectivity index (χ0) is 10.8. The molecule has 15 heavy (non-hydrogen) atoms. The molecule has 1 aromatic heterocycles. The van der Waals surface area contributed by atoms with Crippen LogP contribution in [0, 0.1) is 0 Å². The Kier molecular flexibility index (Phi) is 3.29. The summed E-state index contributed by atoms with van der Waals surface area (Å²) >= 11 is 7.07. The van der Waals surface area contributed by atoms with Gasteiger partial charge >= 0.3 is 0 Å². The van der Waals surface area contributed by atoms with Crippen LogP contribution in [0.4, 0.5) is 0 Å². The molecule has 0 spiro atoms. The summed E-state index contributed by atoms with van der Waals surface area (Å²) in [5, 5.41) is 9.12. The molecule has 82 valence electrons. The van der Waals surface area contributed by atoms with Crippen LogP contribution in [-0.4, -0.2) is 35.1 Å². The predicted octanol–water partition coefficient (Wildman–Crippen LogP) is 2.00. The number of nitrogens with zero attached hydrogens (tertiary/aromatic N) is 1. The third-order valence-corrected chi connectivity index (χ3v) is 3.85. The van der Waals surface area contributed by atoms with Crippen LogP contribution in [0.15, 0.2) is 12.1 Å². The molecule has 2 rings (SSSR count). The van der Waals surface area contributed by atoms with Gasteiger partial charge < -0.3 is 10.0 Å². The smallest absolute Gasteiger partial charge is 0.264 e. The van der Waals surface area contributed by atoms with Crippen molar-refractivity contribution in [1.29, 1.82) is 0 Å². The number of aliphatic hydroxyl groups is 1. The van der Waals surface area contributed by atoms with Crippen LogP contribution >= 0.6 is 22.9 Å². The zero-order valence-corrected chi connectivity index (χ0v) is 9.72. The van der Waals surface area contributed by atoms with Crippen LogP contribution in [0.1, 0.15) is 22.5 Å². The molecule has 1 aliphatic heterocycles. The number of thiophene rings is 1. The quantitative estimate of drug-likeness (QED) is 0.866. The van der Waals surface area contributed by atoms with Crippen LogP contribution in [-0.2, 0) is 0 Å². The van der Waals surface area contributed by atoms with E-state index in [4.69, 9.17) is 16.7 Å².